The molecule has 4 heteroatoms. The Labute approximate surface area is 127 Å². The molecule has 3 nitrogen and oxygen atoms in total. The Kier molecular flexibility index (Phi) is 12.8. The zero-order valence-electron chi connectivity index (χ0n) is 13.9. The van der Waals surface area contributed by atoms with Gasteiger partial charge in [0.2, 0.25) is 0 Å². The lowest BCUT2D eigenvalue weighted by molar-refractivity contribution is -0.827. The fraction of sp³-hybridized carbons (Fsp3) is 0.933. The first-order valence-corrected chi connectivity index (χ1v) is 7.51. The standard InChI is InChI=1S/C15H34N3.ClH/c1-7-9-11-13-18(6,14-12-10-8-2)15(16-3)17(4)5;/h7-14H2,1-6H3;1H/q+1;/p-1. The van der Waals surface area contributed by atoms with Crippen LogP contribution in [0.5, 0.6) is 0 Å². The molecule has 0 atom stereocenters. The van der Waals surface area contributed by atoms with Crippen LogP contribution in [-0.4, -0.2) is 56.6 Å². The van der Waals surface area contributed by atoms with E-state index >= 15 is 0 Å². The monoisotopic (exact) mass is 291 g/mol. The summed E-state index contributed by atoms with van der Waals surface area (Å²) in [6.45, 7) is 6.95. The quantitative estimate of drug-likeness (QED) is 0.273. The first-order valence-electron chi connectivity index (χ1n) is 7.51. The summed E-state index contributed by atoms with van der Waals surface area (Å²) in [5.41, 5.74) is 0. The number of aliphatic imine (C=N–C) groups is 1. The molecular weight excluding hydrogens is 258 g/mol. The Bertz CT molecular complexity index is 230. The molecule has 0 aromatic carbocycles. The third-order valence-corrected chi connectivity index (χ3v) is 3.59. The van der Waals surface area contributed by atoms with E-state index in [0.717, 1.165) is 4.48 Å². The summed E-state index contributed by atoms with van der Waals surface area (Å²) >= 11 is 0. The SMILES string of the molecule is CCCCC[N+](C)(CCCCC)C(=NC)N(C)C.[Cl-]. The maximum atomic E-state index is 4.53. The molecule has 19 heavy (non-hydrogen) atoms. The molecule has 0 bridgehead atoms. The van der Waals surface area contributed by atoms with Crippen LogP contribution in [0.1, 0.15) is 52.4 Å². The first kappa shape index (κ1) is 21.0. The maximum absolute atomic E-state index is 4.53. The van der Waals surface area contributed by atoms with Crippen molar-refractivity contribution in [2.75, 3.05) is 41.3 Å². The second-order valence-corrected chi connectivity index (χ2v) is 5.68. The molecule has 0 saturated heterocycles. The van der Waals surface area contributed by atoms with Crippen molar-refractivity contribution in [3.8, 4) is 0 Å². The molecule has 0 rings (SSSR count). The normalized spacial score (nSPS) is 12.2. The summed E-state index contributed by atoms with van der Waals surface area (Å²) in [7, 11) is 8.48. The van der Waals surface area contributed by atoms with Crippen molar-refractivity contribution in [3.05, 3.63) is 0 Å². The zero-order chi connectivity index (χ0) is 14.0. The van der Waals surface area contributed by atoms with E-state index in [2.05, 4.69) is 44.9 Å². The highest BCUT2D eigenvalue weighted by atomic mass is 35.5. The average Bonchev–Trinajstić information content (AvgIpc) is 2.30. The summed E-state index contributed by atoms with van der Waals surface area (Å²) < 4.78 is 0.990. The van der Waals surface area contributed by atoms with Gasteiger partial charge in [-0.25, -0.2) is 4.99 Å². The molecule has 0 fully saturated rings. The van der Waals surface area contributed by atoms with Crippen molar-refractivity contribution in [1.82, 2.24) is 4.90 Å². The molecule has 0 aliphatic rings. The van der Waals surface area contributed by atoms with E-state index < -0.39 is 0 Å². The summed E-state index contributed by atoms with van der Waals surface area (Å²) in [6, 6.07) is 0. The Morgan fingerprint density at radius 3 is 1.63 bits per heavy atom. The fourth-order valence-electron chi connectivity index (χ4n) is 2.66. The molecule has 0 aliphatic heterocycles. The number of guanidine groups is 1. The van der Waals surface area contributed by atoms with Gasteiger partial charge in [0.25, 0.3) is 5.96 Å². The highest BCUT2D eigenvalue weighted by Gasteiger charge is 2.29. The van der Waals surface area contributed by atoms with Gasteiger partial charge < -0.3 is 17.3 Å². The van der Waals surface area contributed by atoms with Gasteiger partial charge in [-0.1, -0.05) is 26.7 Å². The molecule has 0 saturated carbocycles. The highest BCUT2D eigenvalue weighted by molar-refractivity contribution is 5.72. The van der Waals surface area contributed by atoms with Crippen molar-refractivity contribution in [1.29, 1.82) is 0 Å². The van der Waals surface area contributed by atoms with Gasteiger partial charge in [-0.2, -0.15) is 0 Å². The molecule has 116 valence electrons. The number of rotatable bonds is 8. The predicted molar refractivity (Wildman–Crippen MR) is 82.0 cm³/mol. The number of quaternary nitrogens is 1. The Balaban J connectivity index is 0. The van der Waals surface area contributed by atoms with Crippen LogP contribution in [0.15, 0.2) is 4.99 Å². The number of nitrogens with zero attached hydrogens (tertiary/aromatic N) is 3. The number of hydrogen-bond donors (Lipinski definition) is 0. The molecule has 0 aromatic heterocycles. The van der Waals surface area contributed by atoms with Crippen LogP contribution in [0.4, 0.5) is 0 Å². The lowest BCUT2D eigenvalue weighted by Gasteiger charge is -2.37. The molecule has 0 aromatic rings. The second kappa shape index (κ2) is 11.5. The van der Waals surface area contributed by atoms with Crippen LogP contribution in [0, 0.1) is 0 Å². The molecule has 0 spiro atoms. The summed E-state index contributed by atoms with van der Waals surface area (Å²) in [6.07, 6.45) is 7.82. The second-order valence-electron chi connectivity index (χ2n) is 5.68. The molecule has 0 aliphatic carbocycles. The lowest BCUT2D eigenvalue weighted by atomic mass is 10.2. The van der Waals surface area contributed by atoms with Crippen LogP contribution in [-0.2, 0) is 0 Å². The molecule has 0 heterocycles. The van der Waals surface area contributed by atoms with Gasteiger partial charge in [-0.05, 0) is 25.7 Å². The van der Waals surface area contributed by atoms with Gasteiger partial charge in [-0.3, -0.25) is 4.48 Å². The van der Waals surface area contributed by atoms with Crippen LogP contribution in [0.25, 0.3) is 0 Å². The van der Waals surface area contributed by atoms with Gasteiger partial charge in [0.05, 0.1) is 20.1 Å². The molecule has 0 amide bonds. The lowest BCUT2D eigenvalue weighted by Crippen LogP contribution is -3.00. The van der Waals surface area contributed by atoms with E-state index in [-0.39, 0.29) is 12.4 Å². The predicted octanol–water partition coefficient (Wildman–Crippen LogP) is 0.365. The van der Waals surface area contributed by atoms with Crippen molar-refractivity contribution in [2.45, 2.75) is 52.4 Å². The Hall–Kier alpha value is -0.280. The van der Waals surface area contributed by atoms with E-state index in [9.17, 15) is 0 Å². The van der Waals surface area contributed by atoms with E-state index in [1.54, 1.807) is 0 Å². The van der Waals surface area contributed by atoms with Crippen LogP contribution in [0.2, 0.25) is 0 Å². The van der Waals surface area contributed by atoms with Gasteiger partial charge in [0, 0.05) is 21.1 Å². The minimum Gasteiger partial charge on any atom is -1.00 e. The van der Waals surface area contributed by atoms with Gasteiger partial charge in [-0.15, -0.1) is 0 Å². The van der Waals surface area contributed by atoms with Gasteiger partial charge in [0.15, 0.2) is 0 Å². The van der Waals surface area contributed by atoms with Crippen molar-refractivity contribution < 1.29 is 16.9 Å². The first-order chi connectivity index (χ1) is 8.51. The van der Waals surface area contributed by atoms with Crippen LogP contribution in [0.3, 0.4) is 0 Å². The summed E-state index contributed by atoms with van der Waals surface area (Å²) in [5.74, 6) is 1.21. The third kappa shape index (κ3) is 7.78. The topological polar surface area (TPSA) is 15.6 Å². The Morgan fingerprint density at radius 1 is 0.947 bits per heavy atom. The third-order valence-electron chi connectivity index (χ3n) is 3.59. The smallest absolute Gasteiger partial charge is 0.299 e. The average molecular weight is 292 g/mol. The Morgan fingerprint density at radius 2 is 1.37 bits per heavy atom. The van der Waals surface area contributed by atoms with E-state index in [1.807, 2.05) is 7.05 Å². The van der Waals surface area contributed by atoms with Crippen LogP contribution >= 0.6 is 0 Å². The molecular formula is C15H34ClN3. The summed E-state index contributed by atoms with van der Waals surface area (Å²) in [5, 5.41) is 0. The van der Waals surface area contributed by atoms with E-state index in [0.29, 0.717) is 0 Å². The number of hydrogen-bond acceptors (Lipinski definition) is 1. The molecule has 0 unspecified atom stereocenters. The fourth-order valence-corrected chi connectivity index (χ4v) is 2.66. The highest BCUT2D eigenvalue weighted by Crippen LogP contribution is 2.13. The van der Waals surface area contributed by atoms with E-state index in [4.69, 9.17) is 0 Å². The van der Waals surface area contributed by atoms with Gasteiger partial charge in [0.1, 0.15) is 0 Å². The van der Waals surface area contributed by atoms with E-state index in [1.165, 1.54) is 57.6 Å². The van der Waals surface area contributed by atoms with Crippen molar-refractivity contribution in [2.24, 2.45) is 4.99 Å². The maximum Gasteiger partial charge on any atom is 0.299 e. The summed E-state index contributed by atoms with van der Waals surface area (Å²) in [4.78, 5) is 6.71. The van der Waals surface area contributed by atoms with Crippen molar-refractivity contribution >= 4 is 5.96 Å². The molecule has 0 N–H and O–H groups in total. The zero-order valence-corrected chi connectivity index (χ0v) is 14.6. The van der Waals surface area contributed by atoms with Crippen molar-refractivity contribution in [3.63, 3.8) is 0 Å². The number of unbranched alkanes of at least 4 members (excludes halogenated alkanes) is 4. The number of halogens is 1. The molecule has 0 radical (unpaired) electrons. The van der Waals surface area contributed by atoms with Crippen LogP contribution < -0.4 is 12.4 Å². The van der Waals surface area contributed by atoms with Gasteiger partial charge >= 0.3 is 0 Å². The minimum atomic E-state index is 0. The largest absolute Gasteiger partial charge is 1.00 e. The minimum absolute atomic E-state index is 0.